The lowest BCUT2D eigenvalue weighted by molar-refractivity contribution is -0.121. The number of nitrogens with zero attached hydrogens (tertiary/aromatic N) is 2. The normalized spacial score (nSPS) is 16.9. The molecule has 1 aliphatic rings. The van der Waals surface area contributed by atoms with Crippen molar-refractivity contribution in [2.24, 2.45) is 0 Å². The van der Waals surface area contributed by atoms with Crippen LogP contribution in [0.15, 0.2) is 48.5 Å². The lowest BCUT2D eigenvalue weighted by Gasteiger charge is -2.37. The van der Waals surface area contributed by atoms with Gasteiger partial charge < -0.3 is 10.2 Å². The third kappa shape index (κ3) is 5.41. The fraction of sp³-hybridized carbons (Fsp3) is 0.435. The predicted octanol–water partition coefficient (Wildman–Crippen LogP) is 3.49. The molecule has 1 amide bonds. The van der Waals surface area contributed by atoms with Gasteiger partial charge in [0, 0.05) is 38.4 Å². The number of anilines is 1. The van der Waals surface area contributed by atoms with Crippen LogP contribution in [0.4, 0.5) is 5.69 Å². The average Bonchev–Trinajstić information content (AvgIpc) is 2.70. The highest BCUT2D eigenvalue weighted by Gasteiger charge is 2.25. The van der Waals surface area contributed by atoms with Crippen molar-refractivity contribution in [3.8, 4) is 0 Å². The van der Waals surface area contributed by atoms with Crippen LogP contribution in [0.5, 0.6) is 0 Å². The second-order valence-corrected chi connectivity index (χ2v) is 7.60. The van der Waals surface area contributed by atoms with E-state index in [0.717, 1.165) is 56.0 Å². The molecule has 2 aromatic rings. The molecular formula is C23H31N3O. The van der Waals surface area contributed by atoms with Crippen LogP contribution >= 0.6 is 0 Å². The molecule has 0 saturated carbocycles. The van der Waals surface area contributed by atoms with E-state index in [0.29, 0.717) is 0 Å². The van der Waals surface area contributed by atoms with Crippen molar-refractivity contribution < 1.29 is 4.79 Å². The fourth-order valence-electron chi connectivity index (χ4n) is 3.58. The molecule has 0 unspecified atom stereocenters. The van der Waals surface area contributed by atoms with Crippen molar-refractivity contribution >= 4 is 11.6 Å². The van der Waals surface area contributed by atoms with Gasteiger partial charge in [-0.25, -0.2) is 0 Å². The smallest absolute Gasteiger partial charge is 0.241 e. The Bertz CT molecular complexity index is 751. The zero-order chi connectivity index (χ0) is 19.2. The second-order valence-electron chi connectivity index (χ2n) is 7.60. The minimum Gasteiger partial charge on any atom is -0.324 e. The SMILES string of the molecule is Cc1ccc(C)c(NC(=O)[C@@H](C)N2CCN(CCc3ccccc3)CC2)c1. The van der Waals surface area contributed by atoms with Gasteiger partial charge in [0.15, 0.2) is 0 Å². The molecule has 1 aliphatic heterocycles. The summed E-state index contributed by atoms with van der Waals surface area (Å²) in [5.74, 6) is 0.0847. The first-order valence-corrected chi connectivity index (χ1v) is 9.91. The summed E-state index contributed by atoms with van der Waals surface area (Å²) in [6, 6.07) is 16.7. The van der Waals surface area contributed by atoms with Gasteiger partial charge >= 0.3 is 0 Å². The topological polar surface area (TPSA) is 35.6 Å². The Labute approximate surface area is 163 Å². The van der Waals surface area contributed by atoms with Gasteiger partial charge in [0.2, 0.25) is 5.91 Å². The van der Waals surface area contributed by atoms with Crippen LogP contribution in [0.1, 0.15) is 23.6 Å². The monoisotopic (exact) mass is 365 g/mol. The molecule has 1 fully saturated rings. The number of benzene rings is 2. The Morgan fingerprint density at radius 3 is 2.44 bits per heavy atom. The number of carbonyl (C=O) groups is 1. The minimum atomic E-state index is -0.110. The quantitative estimate of drug-likeness (QED) is 0.851. The van der Waals surface area contributed by atoms with E-state index in [1.165, 1.54) is 5.56 Å². The average molecular weight is 366 g/mol. The number of hydrogen-bond acceptors (Lipinski definition) is 3. The van der Waals surface area contributed by atoms with Gasteiger partial charge in [-0.15, -0.1) is 0 Å². The van der Waals surface area contributed by atoms with Crippen molar-refractivity contribution in [3.05, 3.63) is 65.2 Å². The Morgan fingerprint density at radius 2 is 1.74 bits per heavy atom. The maximum absolute atomic E-state index is 12.7. The second kappa shape index (κ2) is 9.16. The molecule has 0 aromatic heterocycles. The van der Waals surface area contributed by atoms with Gasteiger partial charge in [-0.05, 0) is 49.9 Å². The predicted molar refractivity (Wildman–Crippen MR) is 112 cm³/mol. The molecule has 1 N–H and O–H groups in total. The maximum Gasteiger partial charge on any atom is 0.241 e. The number of carbonyl (C=O) groups excluding carboxylic acids is 1. The zero-order valence-corrected chi connectivity index (χ0v) is 16.7. The maximum atomic E-state index is 12.7. The largest absolute Gasteiger partial charge is 0.324 e. The highest BCUT2D eigenvalue weighted by atomic mass is 16.2. The van der Waals surface area contributed by atoms with Gasteiger partial charge in [-0.2, -0.15) is 0 Å². The van der Waals surface area contributed by atoms with Crippen LogP contribution in [0.2, 0.25) is 0 Å². The summed E-state index contributed by atoms with van der Waals surface area (Å²) in [5, 5.41) is 3.11. The first-order chi connectivity index (χ1) is 13.0. The highest BCUT2D eigenvalue weighted by molar-refractivity contribution is 5.95. The third-order valence-corrected chi connectivity index (χ3v) is 5.54. The van der Waals surface area contributed by atoms with Crippen LogP contribution < -0.4 is 5.32 Å². The van der Waals surface area contributed by atoms with Crippen LogP contribution in [0.3, 0.4) is 0 Å². The van der Waals surface area contributed by atoms with Crippen molar-refractivity contribution in [1.29, 1.82) is 0 Å². The van der Waals surface area contributed by atoms with E-state index in [4.69, 9.17) is 0 Å². The lowest BCUT2D eigenvalue weighted by atomic mass is 10.1. The molecule has 1 saturated heterocycles. The van der Waals surface area contributed by atoms with Crippen LogP contribution in [-0.2, 0) is 11.2 Å². The Morgan fingerprint density at radius 1 is 1.04 bits per heavy atom. The van der Waals surface area contributed by atoms with E-state index >= 15 is 0 Å². The number of nitrogens with one attached hydrogen (secondary N) is 1. The summed E-state index contributed by atoms with van der Waals surface area (Å²) >= 11 is 0. The van der Waals surface area contributed by atoms with E-state index in [1.807, 2.05) is 26.8 Å². The zero-order valence-electron chi connectivity index (χ0n) is 16.7. The first kappa shape index (κ1) is 19.6. The molecule has 1 atom stereocenters. The Hall–Kier alpha value is -2.17. The fourth-order valence-corrected chi connectivity index (χ4v) is 3.58. The number of hydrogen-bond donors (Lipinski definition) is 1. The molecule has 1 heterocycles. The molecule has 0 radical (unpaired) electrons. The van der Waals surface area contributed by atoms with E-state index in [9.17, 15) is 4.79 Å². The molecule has 0 aliphatic carbocycles. The van der Waals surface area contributed by atoms with Gasteiger partial charge in [-0.3, -0.25) is 9.69 Å². The number of piperazine rings is 1. The Kier molecular flexibility index (Phi) is 6.64. The summed E-state index contributed by atoms with van der Waals surface area (Å²) in [7, 11) is 0. The van der Waals surface area contributed by atoms with Gasteiger partial charge in [0.05, 0.1) is 6.04 Å². The summed E-state index contributed by atoms with van der Waals surface area (Å²) in [6.45, 7) is 11.1. The van der Waals surface area contributed by atoms with Gasteiger partial charge in [0.1, 0.15) is 0 Å². The summed E-state index contributed by atoms with van der Waals surface area (Å²) in [6.07, 6.45) is 1.09. The van der Waals surface area contributed by atoms with Crippen molar-refractivity contribution in [3.63, 3.8) is 0 Å². The van der Waals surface area contributed by atoms with E-state index in [2.05, 4.69) is 57.6 Å². The Balaban J connectivity index is 1.47. The van der Waals surface area contributed by atoms with E-state index in [-0.39, 0.29) is 11.9 Å². The summed E-state index contributed by atoms with van der Waals surface area (Å²) in [5.41, 5.74) is 4.58. The molecule has 27 heavy (non-hydrogen) atoms. The van der Waals surface area contributed by atoms with Crippen LogP contribution in [0.25, 0.3) is 0 Å². The molecule has 3 rings (SSSR count). The van der Waals surface area contributed by atoms with Gasteiger partial charge in [-0.1, -0.05) is 42.5 Å². The molecule has 144 valence electrons. The molecule has 4 nitrogen and oxygen atoms in total. The van der Waals surface area contributed by atoms with Crippen molar-refractivity contribution in [1.82, 2.24) is 9.80 Å². The van der Waals surface area contributed by atoms with Crippen molar-refractivity contribution in [2.45, 2.75) is 33.2 Å². The third-order valence-electron chi connectivity index (χ3n) is 5.54. The lowest BCUT2D eigenvalue weighted by Crippen LogP contribution is -2.53. The number of amides is 1. The van der Waals surface area contributed by atoms with E-state index < -0.39 is 0 Å². The first-order valence-electron chi connectivity index (χ1n) is 9.91. The van der Waals surface area contributed by atoms with E-state index in [1.54, 1.807) is 0 Å². The van der Waals surface area contributed by atoms with Crippen molar-refractivity contribution in [2.75, 3.05) is 38.0 Å². The molecule has 4 heteroatoms. The van der Waals surface area contributed by atoms with Crippen LogP contribution in [0, 0.1) is 13.8 Å². The molecular weight excluding hydrogens is 334 g/mol. The highest BCUT2D eigenvalue weighted by Crippen LogP contribution is 2.17. The number of rotatable bonds is 6. The van der Waals surface area contributed by atoms with Crippen LogP contribution in [-0.4, -0.2) is 54.5 Å². The molecule has 2 aromatic carbocycles. The number of aryl methyl sites for hydroxylation is 2. The minimum absolute atomic E-state index is 0.0847. The van der Waals surface area contributed by atoms with Gasteiger partial charge in [0.25, 0.3) is 0 Å². The summed E-state index contributed by atoms with van der Waals surface area (Å²) < 4.78 is 0. The summed E-state index contributed by atoms with van der Waals surface area (Å²) in [4.78, 5) is 17.5. The molecule has 0 spiro atoms. The standard InChI is InChI=1S/C23H31N3O/c1-18-9-10-19(2)22(17-18)24-23(27)20(3)26-15-13-25(14-16-26)12-11-21-7-5-4-6-8-21/h4-10,17,20H,11-16H2,1-3H3,(H,24,27)/t20-/m1/s1. The molecule has 0 bridgehead atoms.